The van der Waals surface area contributed by atoms with Gasteiger partial charge in [0.2, 0.25) is 5.91 Å². The van der Waals surface area contributed by atoms with Crippen LogP contribution >= 0.6 is 0 Å². The van der Waals surface area contributed by atoms with Gasteiger partial charge < -0.3 is 15.0 Å². The fraction of sp³-hybridized carbons (Fsp3) is 0.300. The first-order chi connectivity index (χ1) is 12.2. The molecule has 2 heterocycles. The number of carbonyl (C=O) groups excluding carboxylic acids is 1. The molecule has 0 aliphatic heterocycles. The van der Waals surface area contributed by atoms with E-state index in [1.54, 1.807) is 6.20 Å². The monoisotopic (exact) mass is 337 g/mol. The summed E-state index contributed by atoms with van der Waals surface area (Å²) in [6.45, 7) is 2.77. The lowest BCUT2D eigenvalue weighted by Gasteiger charge is -2.15. The Morgan fingerprint density at radius 1 is 1.24 bits per heavy atom. The lowest BCUT2D eigenvalue weighted by atomic mass is 10.0. The minimum absolute atomic E-state index is 0.0163. The molecule has 2 aromatic heterocycles. The van der Waals surface area contributed by atoms with Crippen molar-refractivity contribution in [3.8, 4) is 0 Å². The molecular formula is C20H23N3O2. The average molecular weight is 337 g/mol. The quantitative estimate of drug-likeness (QED) is 0.695. The molecule has 2 N–H and O–H groups in total. The molecular weight excluding hydrogens is 314 g/mol. The summed E-state index contributed by atoms with van der Waals surface area (Å²) in [5.74, 6) is -0.0952. The fourth-order valence-corrected chi connectivity index (χ4v) is 3.05. The molecule has 3 aromatic rings. The molecule has 0 saturated carbocycles. The van der Waals surface area contributed by atoms with E-state index in [9.17, 15) is 9.90 Å². The van der Waals surface area contributed by atoms with Gasteiger partial charge in [-0.2, -0.15) is 0 Å². The number of carbonyl (C=O) groups is 1. The summed E-state index contributed by atoms with van der Waals surface area (Å²) in [6.07, 6.45) is 4.38. The molecule has 0 saturated heterocycles. The van der Waals surface area contributed by atoms with Crippen molar-refractivity contribution >= 4 is 16.8 Å². The van der Waals surface area contributed by atoms with Crippen LogP contribution in [0.2, 0.25) is 0 Å². The van der Waals surface area contributed by atoms with Gasteiger partial charge in [0.15, 0.2) is 0 Å². The van der Waals surface area contributed by atoms with Crippen molar-refractivity contribution in [2.45, 2.75) is 19.9 Å². The van der Waals surface area contributed by atoms with Crippen LogP contribution in [-0.4, -0.2) is 33.7 Å². The van der Waals surface area contributed by atoms with E-state index in [-0.39, 0.29) is 25.0 Å². The number of fused-ring (bicyclic) bond motifs is 1. The second kappa shape index (κ2) is 7.94. The molecule has 5 nitrogen and oxygen atoms in total. The smallest absolute Gasteiger partial charge is 0.239 e. The highest BCUT2D eigenvalue weighted by Crippen LogP contribution is 2.20. The van der Waals surface area contributed by atoms with Gasteiger partial charge in [0.1, 0.15) is 6.54 Å². The molecule has 130 valence electrons. The number of aliphatic hydroxyl groups excluding tert-OH is 1. The molecule has 25 heavy (non-hydrogen) atoms. The fourth-order valence-electron chi connectivity index (χ4n) is 3.05. The molecule has 1 atom stereocenters. The largest absolute Gasteiger partial charge is 0.396 e. The molecule has 1 amide bonds. The highest BCUT2D eigenvalue weighted by molar-refractivity contribution is 5.85. The van der Waals surface area contributed by atoms with Crippen molar-refractivity contribution in [3.63, 3.8) is 0 Å². The number of hydrogen-bond acceptors (Lipinski definition) is 3. The maximum absolute atomic E-state index is 12.3. The van der Waals surface area contributed by atoms with Crippen LogP contribution in [0.1, 0.15) is 11.3 Å². The number of aromatic nitrogens is 2. The number of para-hydroxylation sites is 1. The molecule has 0 spiro atoms. The summed E-state index contributed by atoms with van der Waals surface area (Å²) in [5, 5.41) is 13.6. The van der Waals surface area contributed by atoms with Crippen molar-refractivity contribution in [2.24, 2.45) is 5.92 Å². The van der Waals surface area contributed by atoms with E-state index in [1.807, 2.05) is 54.1 Å². The van der Waals surface area contributed by atoms with Crippen LogP contribution in [-0.2, 0) is 17.8 Å². The van der Waals surface area contributed by atoms with E-state index in [0.717, 1.165) is 16.8 Å². The van der Waals surface area contributed by atoms with Crippen LogP contribution in [0.15, 0.2) is 54.9 Å². The number of pyridine rings is 1. The molecule has 1 unspecified atom stereocenters. The number of aliphatic hydroxyl groups is 1. The highest BCUT2D eigenvalue weighted by Gasteiger charge is 2.13. The first-order valence-corrected chi connectivity index (χ1v) is 8.49. The Hall–Kier alpha value is -2.66. The first kappa shape index (κ1) is 17.2. The lowest BCUT2D eigenvalue weighted by Crippen LogP contribution is -2.34. The number of rotatable bonds is 7. The maximum atomic E-state index is 12.3. The summed E-state index contributed by atoms with van der Waals surface area (Å²) >= 11 is 0. The number of aryl methyl sites for hydroxylation is 1. The van der Waals surface area contributed by atoms with Gasteiger partial charge in [-0.15, -0.1) is 0 Å². The number of amides is 1. The minimum Gasteiger partial charge on any atom is -0.396 e. The van der Waals surface area contributed by atoms with Crippen LogP contribution in [0.25, 0.3) is 10.9 Å². The minimum atomic E-state index is -0.0553. The third kappa shape index (κ3) is 4.25. The Bertz CT molecular complexity index is 843. The number of nitrogens with zero attached hydrogens (tertiary/aromatic N) is 2. The number of benzene rings is 1. The van der Waals surface area contributed by atoms with E-state index < -0.39 is 0 Å². The van der Waals surface area contributed by atoms with E-state index in [1.165, 1.54) is 5.39 Å². The number of hydrogen-bond donors (Lipinski definition) is 2. The second-order valence-corrected chi connectivity index (χ2v) is 6.34. The van der Waals surface area contributed by atoms with Crippen molar-refractivity contribution in [1.29, 1.82) is 0 Å². The highest BCUT2D eigenvalue weighted by atomic mass is 16.3. The van der Waals surface area contributed by atoms with Gasteiger partial charge in [-0.25, -0.2) is 0 Å². The first-order valence-electron chi connectivity index (χ1n) is 8.49. The van der Waals surface area contributed by atoms with Crippen molar-refractivity contribution in [1.82, 2.24) is 14.9 Å². The van der Waals surface area contributed by atoms with Crippen LogP contribution in [0.5, 0.6) is 0 Å². The lowest BCUT2D eigenvalue weighted by molar-refractivity contribution is -0.121. The Morgan fingerprint density at radius 2 is 2.04 bits per heavy atom. The molecule has 0 fully saturated rings. The third-order valence-electron chi connectivity index (χ3n) is 4.37. The normalized spacial score (nSPS) is 12.2. The van der Waals surface area contributed by atoms with Gasteiger partial charge in [0, 0.05) is 48.1 Å². The van der Waals surface area contributed by atoms with Crippen LogP contribution < -0.4 is 5.32 Å². The molecule has 0 aliphatic rings. The predicted octanol–water partition coefficient (Wildman–Crippen LogP) is 2.31. The van der Waals surface area contributed by atoms with Crippen molar-refractivity contribution in [2.75, 3.05) is 13.2 Å². The Balaban J connectivity index is 1.58. The van der Waals surface area contributed by atoms with Gasteiger partial charge in [-0.1, -0.05) is 24.3 Å². The Labute approximate surface area is 147 Å². The van der Waals surface area contributed by atoms with Gasteiger partial charge in [-0.05, 0) is 37.1 Å². The summed E-state index contributed by atoms with van der Waals surface area (Å²) in [5.41, 5.74) is 3.14. The van der Waals surface area contributed by atoms with E-state index >= 15 is 0 Å². The van der Waals surface area contributed by atoms with E-state index in [0.29, 0.717) is 13.0 Å². The average Bonchev–Trinajstić information content (AvgIpc) is 2.95. The molecule has 0 aliphatic carbocycles. The molecule has 0 radical (unpaired) electrons. The predicted molar refractivity (Wildman–Crippen MR) is 98.2 cm³/mol. The van der Waals surface area contributed by atoms with Gasteiger partial charge in [-0.3, -0.25) is 9.78 Å². The second-order valence-electron chi connectivity index (χ2n) is 6.34. The van der Waals surface area contributed by atoms with Crippen molar-refractivity contribution < 1.29 is 9.90 Å². The summed E-state index contributed by atoms with van der Waals surface area (Å²) in [7, 11) is 0. The van der Waals surface area contributed by atoms with Crippen LogP contribution in [0.3, 0.4) is 0 Å². The third-order valence-corrected chi connectivity index (χ3v) is 4.37. The molecule has 0 bridgehead atoms. The molecule has 3 rings (SSSR count). The molecule has 5 heteroatoms. The summed E-state index contributed by atoms with van der Waals surface area (Å²) < 4.78 is 1.96. The van der Waals surface area contributed by atoms with E-state index in [4.69, 9.17) is 0 Å². The zero-order chi connectivity index (χ0) is 17.6. The zero-order valence-corrected chi connectivity index (χ0v) is 14.4. The standard InChI is InChI=1S/C20H23N3O2/c1-15-12-23(19-8-3-2-7-18(15)19)13-20(25)22-11-16(14-24)10-17-6-4-5-9-21-17/h2-9,12,16,24H,10-11,13-14H2,1H3,(H,22,25). The maximum Gasteiger partial charge on any atom is 0.239 e. The van der Waals surface area contributed by atoms with Gasteiger partial charge in [0.25, 0.3) is 0 Å². The van der Waals surface area contributed by atoms with Gasteiger partial charge >= 0.3 is 0 Å². The van der Waals surface area contributed by atoms with Crippen molar-refractivity contribution in [3.05, 3.63) is 66.1 Å². The van der Waals surface area contributed by atoms with E-state index in [2.05, 4.69) is 16.4 Å². The Morgan fingerprint density at radius 3 is 2.80 bits per heavy atom. The van der Waals surface area contributed by atoms with Crippen LogP contribution in [0, 0.1) is 12.8 Å². The SMILES string of the molecule is Cc1cn(CC(=O)NCC(CO)Cc2ccccn2)c2ccccc12. The number of nitrogens with one attached hydrogen (secondary N) is 1. The summed E-state index contributed by atoms with van der Waals surface area (Å²) in [4.78, 5) is 16.6. The van der Waals surface area contributed by atoms with Crippen LogP contribution in [0.4, 0.5) is 0 Å². The summed E-state index contributed by atoms with van der Waals surface area (Å²) in [6, 6.07) is 13.8. The molecule has 1 aromatic carbocycles. The zero-order valence-electron chi connectivity index (χ0n) is 14.4. The van der Waals surface area contributed by atoms with Gasteiger partial charge in [0.05, 0.1) is 0 Å². The Kier molecular flexibility index (Phi) is 5.46. The topological polar surface area (TPSA) is 67.2 Å².